The first kappa shape index (κ1) is 23.6. The topological polar surface area (TPSA) is 126 Å². The lowest BCUT2D eigenvalue weighted by atomic mass is 9.96. The SMILES string of the molecule is O=c1c(-c2cc3c(=O)c4cc(Cl)c(O)cc4oc3c(=NC3CCCCC3)o2)coc2cc(O)c(Cl)cc12. The number of hydrogen-bond donors (Lipinski definition) is 2. The lowest BCUT2D eigenvalue weighted by Crippen LogP contribution is -2.18. The first-order valence-electron chi connectivity index (χ1n) is 11.7. The molecule has 3 aromatic heterocycles. The highest BCUT2D eigenvalue weighted by atomic mass is 35.5. The van der Waals surface area contributed by atoms with Crippen LogP contribution in [0.3, 0.4) is 0 Å². The average molecular weight is 540 g/mol. The van der Waals surface area contributed by atoms with Crippen LogP contribution in [0.5, 0.6) is 11.5 Å². The molecule has 1 fully saturated rings. The van der Waals surface area contributed by atoms with Crippen molar-refractivity contribution in [3.8, 4) is 22.8 Å². The van der Waals surface area contributed by atoms with Gasteiger partial charge in [-0.15, -0.1) is 0 Å². The van der Waals surface area contributed by atoms with Gasteiger partial charge < -0.3 is 23.5 Å². The molecule has 0 saturated heterocycles. The second kappa shape index (κ2) is 8.97. The van der Waals surface area contributed by atoms with Gasteiger partial charge in [-0.3, -0.25) is 9.59 Å². The van der Waals surface area contributed by atoms with E-state index in [1.807, 2.05) is 0 Å². The van der Waals surface area contributed by atoms with Crippen LogP contribution >= 0.6 is 23.2 Å². The highest BCUT2D eigenvalue weighted by Crippen LogP contribution is 2.31. The van der Waals surface area contributed by atoms with E-state index in [4.69, 9.17) is 41.4 Å². The quantitative estimate of drug-likeness (QED) is 0.253. The molecule has 2 aromatic carbocycles. The second-order valence-electron chi connectivity index (χ2n) is 9.09. The van der Waals surface area contributed by atoms with Crippen LogP contribution in [0.1, 0.15) is 32.1 Å². The Kier molecular flexibility index (Phi) is 5.73. The van der Waals surface area contributed by atoms with Crippen molar-refractivity contribution >= 4 is 56.1 Å². The van der Waals surface area contributed by atoms with Crippen LogP contribution in [-0.4, -0.2) is 16.3 Å². The van der Waals surface area contributed by atoms with Crippen LogP contribution in [0.2, 0.25) is 10.0 Å². The van der Waals surface area contributed by atoms with E-state index in [-0.39, 0.29) is 77.4 Å². The van der Waals surface area contributed by atoms with Gasteiger partial charge in [-0.05, 0) is 31.0 Å². The molecular formula is C27H19Cl2NO7. The molecule has 8 nitrogen and oxygen atoms in total. The average Bonchev–Trinajstić information content (AvgIpc) is 2.88. The minimum atomic E-state index is -0.465. The Hall–Kier alpha value is -3.75. The van der Waals surface area contributed by atoms with Gasteiger partial charge in [-0.1, -0.05) is 42.5 Å². The number of phenols is 2. The highest BCUT2D eigenvalue weighted by molar-refractivity contribution is 6.33. The lowest BCUT2D eigenvalue weighted by molar-refractivity contribution is 0.409. The molecule has 0 spiro atoms. The fourth-order valence-electron chi connectivity index (χ4n) is 4.72. The molecule has 2 N–H and O–H groups in total. The van der Waals surface area contributed by atoms with Gasteiger partial charge in [0.25, 0.3) is 5.55 Å². The van der Waals surface area contributed by atoms with Crippen molar-refractivity contribution < 1.29 is 23.5 Å². The Morgan fingerprint density at radius 2 is 1.43 bits per heavy atom. The molecule has 1 aliphatic rings. The largest absolute Gasteiger partial charge is 0.506 e. The Labute approximate surface area is 218 Å². The molecule has 0 aliphatic heterocycles. The van der Waals surface area contributed by atoms with Crippen LogP contribution in [-0.2, 0) is 0 Å². The molecule has 37 heavy (non-hydrogen) atoms. The molecule has 188 valence electrons. The number of benzene rings is 2. The minimum absolute atomic E-state index is 0.00223. The van der Waals surface area contributed by atoms with Gasteiger partial charge in [0.1, 0.15) is 40.3 Å². The predicted octanol–water partition coefficient (Wildman–Crippen LogP) is 6.26. The first-order valence-corrected chi connectivity index (χ1v) is 12.5. The summed E-state index contributed by atoms with van der Waals surface area (Å²) in [5, 5.41) is 20.3. The van der Waals surface area contributed by atoms with E-state index in [0.29, 0.717) is 0 Å². The third-order valence-electron chi connectivity index (χ3n) is 6.65. The summed E-state index contributed by atoms with van der Waals surface area (Å²) in [6.45, 7) is 0. The van der Waals surface area contributed by atoms with Crippen molar-refractivity contribution in [1.82, 2.24) is 0 Å². The zero-order valence-electron chi connectivity index (χ0n) is 19.2. The van der Waals surface area contributed by atoms with Crippen molar-refractivity contribution in [2.24, 2.45) is 4.99 Å². The Morgan fingerprint density at radius 3 is 2.14 bits per heavy atom. The molecular weight excluding hydrogens is 521 g/mol. The van der Waals surface area contributed by atoms with Gasteiger partial charge in [-0.2, -0.15) is 0 Å². The molecule has 1 saturated carbocycles. The van der Waals surface area contributed by atoms with Crippen LogP contribution in [0, 0.1) is 0 Å². The number of nitrogens with zero attached hydrogens (tertiary/aromatic N) is 1. The molecule has 0 radical (unpaired) electrons. The van der Waals surface area contributed by atoms with E-state index in [0.717, 1.165) is 32.1 Å². The van der Waals surface area contributed by atoms with Gasteiger partial charge in [0.05, 0.1) is 32.2 Å². The third-order valence-corrected chi connectivity index (χ3v) is 7.26. The zero-order chi connectivity index (χ0) is 25.8. The Bertz CT molecular complexity index is 1910. The Morgan fingerprint density at radius 1 is 0.784 bits per heavy atom. The minimum Gasteiger partial charge on any atom is -0.506 e. The fourth-order valence-corrected chi connectivity index (χ4v) is 5.05. The van der Waals surface area contributed by atoms with E-state index in [9.17, 15) is 19.8 Å². The number of hydrogen-bond acceptors (Lipinski definition) is 8. The number of halogens is 2. The molecule has 0 amide bonds. The van der Waals surface area contributed by atoms with Crippen LogP contribution in [0.4, 0.5) is 0 Å². The summed E-state index contributed by atoms with van der Waals surface area (Å²) in [5.74, 6) is -0.392. The Balaban J connectivity index is 1.68. The maximum Gasteiger partial charge on any atom is 0.259 e. The van der Waals surface area contributed by atoms with Gasteiger partial charge in [0, 0.05) is 12.1 Å². The maximum absolute atomic E-state index is 13.5. The molecule has 0 bridgehead atoms. The molecule has 10 heteroatoms. The summed E-state index contributed by atoms with van der Waals surface area (Å²) in [5.41, 5.74) is -0.408. The smallest absolute Gasteiger partial charge is 0.259 e. The maximum atomic E-state index is 13.5. The number of phenolic OH excluding ortho intramolecular Hbond substituents is 2. The van der Waals surface area contributed by atoms with E-state index >= 15 is 0 Å². The van der Waals surface area contributed by atoms with Gasteiger partial charge >= 0.3 is 0 Å². The number of aromatic hydroxyl groups is 2. The molecule has 3 heterocycles. The summed E-state index contributed by atoms with van der Waals surface area (Å²) >= 11 is 12.1. The third kappa shape index (κ3) is 4.06. The summed E-state index contributed by atoms with van der Waals surface area (Å²) in [6.07, 6.45) is 6.08. The van der Waals surface area contributed by atoms with Gasteiger partial charge in [-0.25, -0.2) is 4.99 Å². The van der Waals surface area contributed by atoms with Crippen LogP contribution in [0.15, 0.2) is 64.4 Å². The van der Waals surface area contributed by atoms with Crippen LogP contribution < -0.4 is 16.4 Å². The van der Waals surface area contributed by atoms with Crippen molar-refractivity contribution in [3.63, 3.8) is 0 Å². The summed E-state index contributed by atoms with van der Waals surface area (Å²) in [7, 11) is 0. The van der Waals surface area contributed by atoms with Crippen molar-refractivity contribution in [2.75, 3.05) is 0 Å². The normalized spacial score (nSPS) is 15.2. The zero-order valence-corrected chi connectivity index (χ0v) is 20.7. The fraction of sp³-hybridized carbons (Fsp3) is 0.222. The number of rotatable bonds is 2. The number of fused-ring (bicyclic) bond motifs is 3. The molecule has 1 aliphatic carbocycles. The van der Waals surface area contributed by atoms with Crippen molar-refractivity contribution in [3.05, 3.63) is 72.6 Å². The van der Waals surface area contributed by atoms with Gasteiger partial charge in [0.2, 0.25) is 16.4 Å². The standard InChI is InChI=1S/C27H19Cl2NO7/c28-17-6-13-21(9-19(17)31)35-11-16(25(13)34)22-8-15-24(33)14-7-18(29)20(32)10-23(14)36-26(15)27(37-22)30-12-4-2-1-3-5-12/h6-12,31-32H,1-5H2. The van der Waals surface area contributed by atoms with E-state index in [2.05, 4.69) is 0 Å². The molecule has 5 aromatic rings. The predicted molar refractivity (Wildman–Crippen MR) is 140 cm³/mol. The van der Waals surface area contributed by atoms with Crippen molar-refractivity contribution in [1.29, 1.82) is 0 Å². The molecule has 0 atom stereocenters. The van der Waals surface area contributed by atoms with Crippen LogP contribution in [0.25, 0.3) is 44.2 Å². The van der Waals surface area contributed by atoms with E-state index in [1.165, 1.54) is 36.6 Å². The van der Waals surface area contributed by atoms with Gasteiger partial charge in [0.15, 0.2) is 0 Å². The summed E-state index contributed by atoms with van der Waals surface area (Å²) < 4.78 is 17.7. The molecule has 0 unspecified atom stereocenters. The lowest BCUT2D eigenvalue weighted by Gasteiger charge is -2.17. The monoisotopic (exact) mass is 539 g/mol. The first-order chi connectivity index (χ1) is 17.8. The van der Waals surface area contributed by atoms with E-state index in [1.54, 1.807) is 0 Å². The second-order valence-corrected chi connectivity index (χ2v) is 9.90. The highest BCUT2D eigenvalue weighted by Gasteiger charge is 2.20. The molecule has 6 rings (SSSR count). The van der Waals surface area contributed by atoms with E-state index < -0.39 is 10.9 Å². The van der Waals surface area contributed by atoms with Crippen molar-refractivity contribution in [2.45, 2.75) is 38.1 Å². The summed E-state index contributed by atoms with van der Waals surface area (Å²) in [4.78, 5) is 31.7. The summed E-state index contributed by atoms with van der Waals surface area (Å²) in [6, 6.07) is 6.54.